The second-order valence-electron chi connectivity index (χ2n) is 6.73. The second kappa shape index (κ2) is 8.72. The lowest BCUT2D eigenvalue weighted by molar-refractivity contribution is -0.147. The number of nitrogens with two attached hydrogens (primary N) is 1. The average molecular weight is 399 g/mol. The van der Waals surface area contributed by atoms with Gasteiger partial charge in [0.05, 0.1) is 41.2 Å². The lowest BCUT2D eigenvalue weighted by Crippen LogP contribution is -2.46. The minimum absolute atomic E-state index is 0.290. The first-order valence-corrected chi connectivity index (χ1v) is 9.62. The first-order chi connectivity index (χ1) is 14.0. The summed E-state index contributed by atoms with van der Waals surface area (Å²) in [5, 5.41) is 9.85. The SMILES string of the molecule is CC.C[C@@H]1CCC(c2cnco2)N(C(=O)C(=O)Nc2cnc(N)c3cn[nH]c23)C1. The van der Waals surface area contributed by atoms with Gasteiger partial charge in [-0.3, -0.25) is 14.7 Å². The normalized spacial score (nSPS) is 18.8. The summed E-state index contributed by atoms with van der Waals surface area (Å²) < 4.78 is 5.37. The Labute approximate surface area is 167 Å². The summed E-state index contributed by atoms with van der Waals surface area (Å²) >= 11 is 0. The summed E-state index contributed by atoms with van der Waals surface area (Å²) in [5.41, 5.74) is 6.65. The summed E-state index contributed by atoms with van der Waals surface area (Å²) in [5.74, 6) is -0.228. The Kier molecular flexibility index (Phi) is 6.10. The van der Waals surface area contributed by atoms with Crippen LogP contribution in [0.25, 0.3) is 10.9 Å². The molecule has 1 aliphatic rings. The lowest BCUT2D eigenvalue weighted by atomic mass is 9.93. The van der Waals surface area contributed by atoms with Crippen LogP contribution in [0.4, 0.5) is 11.5 Å². The molecule has 29 heavy (non-hydrogen) atoms. The number of nitrogen functional groups attached to an aromatic ring is 1. The van der Waals surface area contributed by atoms with Gasteiger partial charge in [0, 0.05) is 6.54 Å². The van der Waals surface area contributed by atoms with Crippen LogP contribution < -0.4 is 11.1 Å². The van der Waals surface area contributed by atoms with Crippen LogP contribution in [-0.4, -0.2) is 43.4 Å². The summed E-state index contributed by atoms with van der Waals surface area (Å²) in [6.45, 7) is 6.52. The Morgan fingerprint density at radius 3 is 2.79 bits per heavy atom. The molecule has 4 heterocycles. The number of hydrogen-bond acceptors (Lipinski definition) is 7. The minimum Gasteiger partial charge on any atom is -0.446 e. The Bertz CT molecular complexity index is 983. The van der Waals surface area contributed by atoms with Gasteiger partial charge in [-0.2, -0.15) is 5.10 Å². The Morgan fingerprint density at radius 2 is 2.07 bits per heavy atom. The first-order valence-electron chi connectivity index (χ1n) is 9.62. The summed E-state index contributed by atoms with van der Waals surface area (Å²) in [4.78, 5) is 35.0. The third kappa shape index (κ3) is 4.05. The van der Waals surface area contributed by atoms with Gasteiger partial charge in [-0.1, -0.05) is 20.8 Å². The Morgan fingerprint density at radius 1 is 1.28 bits per heavy atom. The molecule has 0 spiro atoms. The van der Waals surface area contributed by atoms with Crippen molar-refractivity contribution in [3.63, 3.8) is 0 Å². The van der Waals surface area contributed by atoms with E-state index in [1.165, 1.54) is 18.8 Å². The molecule has 10 nitrogen and oxygen atoms in total. The van der Waals surface area contributed by atoms with E-state index in [1.807, 2.05) is 20.8 Å². The molecule has 1 saturated heterocycles. The van der Waals surface area contributed by atoms with Crippen molar-refractivity contribution >= 4 is 34.2 Å². The quantitative estimate of drug-likeness (QED) is 0.562. The van der Waals surface area contributed by atoms with Crippen molar-refractivity contribution in [2.24, 2.45) is 5.92 Å². The van der Waals surface area contributed by atoms with Gasteiger partial charge < -0.3 is 20.4 Å². The second-order valence-corrected chi connectivity index (χ2v) is 6.73. The zero-order chi connectivity index (χ0) is 21.0. The van der Waals surface area contributed by atoms with Crippen molar-refractivity contribution in [1.29, 1.82) is 0 Å². The van der Waals surface area contributed by atoms with E-state index in [4.69, 9.17) is 10.2 Å². The summed E-state index contributed by atoms with van der Waals surface area (Å²) in [7, 11) is 0. The van der Waals surface area contributed by atoms with Crippen LogP contribution in [0.15, 0.2) is 29.4 Å². The van der Waals surface area contributed by atoms with E-state index in [0.29, 0.717) is 47.1 Å². The molecule has 2 amide bonds. The molecule has 0 aromatic carbocycles. The van der Waals surface area contributed by atoms with Crippen molar-refractivity contribution in [3.8, 4) is 0 Å². The van der Waals surface area contributed by atoms with Gasteiger partial charge >= 0.3 is 11.8 Å². The predicted molar refractivity (Wildman–Crippen MR) is 108 cm³/mol. The van der Waals surface area contributed by atoms with Gasteiger partial charge in [0.1, 0.15) is 11.6 Å². The predicted octanol–water partition coefficient (Wildman–Crippen LogP) is 2.49. The van der Waals surface area contributed by atoms with Crippen LogP contribution in [0.5, 0.6) is 0 Å². The fourth-order valence-electron chi connectivity index (χ4n) is 3.42. The van der Waals surface area contributed by atoms with Gasteiger partial charge in [-0.25, -0.2) is 9.97 Å². The van der Waals surface area contributed by atoms with E-state index >= 15 is 0 Å². The molecule has 1 fully saturated rings. The van der Waals surface area contributed by atoms with Crippen LogP contribution in [-0.2, 0) is 9.59 Å². The number of fused-ring (bicyclic) bond motifs is 1. The maximum Gasteiger partial charge on any atom is 0.314 e. The number of nitrogens with zero attached hydrogens (tertiary/aromatic N) is 4. The van der Waals surface area contributed by atoms with E-state index in [-0.39, 0.29) is 6.04 Å². The minimum atomic E-state index is -0.754. The molecule has 3 aromatic rings. The fraction of sp³-hybridized carbons (Fsp3) is 0.421. The van der Waals surface area contributed by atoms with E-state index in [9.17, 15) is 9.59 Å². The highest BCUT2D eigenvalue weighted by atomic mass is 16.3. The number of rotatable bonds is 2. The monoisotopic (exact) mass is 399 g/mol. The number of H-pyrrole nitrogens is 1. The average Bonchev–Trinajstić information content (AvgIpc) is 3.43. The standard InChI is InChI=1S/C17H19N7O3.C2H6/c1-9-2-3-12(13-6-19-8-27-13)24(7-9)17(26)16(25)22-11-5-20-15(18)10-4-21-23-14(10)11;1-2/h4-6,8-9,12H,2-3,7H2,1H3,(H2,18,20)(H,21,23)(H,22,25);1-2H3/t9-,12?;/m1./s1. The molecule has 10 heteroatoms. The molecule has 0 radical (unpaired) electrons. The van der Waals surface area contributed by atoms with Crippen LogP contribution in [0, 0.1) is 5.92 Å². The van der Waals surface area contributed by atoms with Crippen molar-refractivity contribution in [1.82, 2.24) is 25.1 Å². The zero-order valence-corrected chi connectivity index (χ0v) is 16.7. The molecule has 2 atom stereocenters. The molecule has 0 aliphatic carbocycles. The maximum absolute atomic E-state index is 12.9. The van der Waals surface area contributed by atoms with E-state index in [0.717, 1.165) is 6.42 Å². The van der Waals surface area contributed by atoms with Crippen LogP contribution in [0.2, 0.25) is 0 Å². The molecule has 0 saturated carbocycles. The molecule has 3 aromatic heterocycles. The number of carbonyl (C=O) groups excluding carboxylic acids is 2. The highest BCUT2D eigenvalue weighted by molar-refractivity contribution is 6.40. The smallest absolute Gasteiger partial charge is 0.314 e. The summed E-state index contributed by atoms with van der Waals surface area (Å²) in [6.07, 6.45) is 7.47. The van der Waals surface area contributed by atoms with E-state index in [2.05, 4.69) is 25.5 Å². The number of piperidine rings is 1. The molecular formula is C19H25N7O3. The third-order valence-electron chi connectivity index (χ3n) is 4.82. The van der Waals surface area contributed by atoms with Crippen LogP contribution in [0.3, 0.4) is 0 Å². The topological polar surface area (TPSA) is 143 Å². The van der Waals surface area contributed by atoms with Crippen molar-refractivity contribution in [3.05, 3.63) is 30.7 Å². The molecule has 1 unspecified atom stereocenters. The number of oxazole rings is 1. The summed E-state index contributed by atoms with van der Waals surface area (Å²) in [6, 6.07) is -0.307. The van der Waals surface area contributed by atoms with E-state index in [1.54, 1.807) is 11.1 Å². The van der Waals surface area contributed by atoms with Crippen molar-refractivity contribution in [2.45, 2.75) is 39.7 Å². The molecular weight excluding hydrogens is 374 g/mol. The van der Waals surface area contributed by atoms with Gasteiger partial charge in [-0.05, 0) is 18.8 Å². The number of hydrogen-bond donors (Lipinski definition) is 3. The third-order valence-corrected chi connectivity index (χ3v) is 4.82. The number of aromatic amines is 1. The number of nitrogens with one attached hydrogen (secondary N) is 2. The molecule has 0 bridgehead atoms. The van der Waals surface area contributed by atoms with Gasteiger partial charge in [-0.15, -0.1) is 0 Å². The van der Waals surface area contributed by atoms with Gasteiger partial charge in [0.25, 0.3) is 0 Å². The molecule has 1 aliphatic heterocycles. The number of aromatic nitrogens is 4. The highest BCUT2D eigenvalue weighted by Gasteiger charge is 2.36. The number of likely N-dealkylation sites (tertiary alicyclic amines) is 1. The largest absolute Gasteiger partial charge is 0.446 e. The Balaban J connectivity index is 0.00000117. The maximum atomic E-state index is 12.9. The van der Waals surface area contributed by atoms with Crippen molar-refractivity contribution in [2.75, 3.05) is 17.6 Å². The first kappa shape index (κ1) is 20.3. The molecule has 4 rings (SSSR count). The fourth-order valence-corrected chi connectivity index (χ4v) is 3.42. The van der Waals surface area contributed by atoms with E-state index < -0.39 is 11.8 Å². The zero-order valence-electron chi connectivity index (χ0n) is 16.7. The highest BCUT2D eigenvalue weighted by Crippen LogP contribution is 2.33. The van der Waals surface area contributed by atoms with Gasteiger partial charge in [0.15, 0.2) is 6.39 Å². The Hall–Kier alpha value is -3.43. The lowest BCUT2D eigenvalue weighted by Gasteiger charge is -2.36. The molecule has 154 valence electrons. The van der Waals surface area contributed by atoms with Crippen LogP contribution in [0.1, 0.15) is 45.4 Å². The number of amides is 2. The number of anilines is 2. The number of pyridine rings is 1. The van der Waals surface area contributed by atoms with Gasteiger partial charge in [0.2, 0.25) is 0 Å². The van der Waals surface area contributed by atoms with Crippen LogP contribution >= 0.6 is 0 Å². The van der Waals surface area contributed by atoms with Crippen molar-refractivity contribution < 1.29 is 14.0 Å². The molecule has 4 N–H and O–H groups in total. The number of carbonyl (C=O) groups is 2.